The van der Waals surface area contributed by atoms with Crippen LogP contribution in [-0.2, 0) is 4.74 Å². The van der Waals surface area contributed by atoms with Gasteiger partial charge >= 0.3 is 6.09 Å². The predicted molar refractivity (Wildman–Crippen MR) is 127 cm³/mol. The Morgan fingerprint density at radius 1 is 0.971 bits per heavy atom. The van der Waals surface area contributed by atoms with Gasteiger partial charge in [-0.05, 0) is 61.2 Å². The molecule has 0 radical (unpaired) electrons. The molecule has 3 fully saturated rings. The Morgan fingerprint density at radius 3 is 2.41 bits per heavy atom. The lowest BCUT2D eigenvalue weighted by atomic mass is 9.78. The molecule has 3 saturated heterocycles. The minimum atomic E-state index is -0.333. The summed E-state index contributed by atoms with van der Waals surface area (Å²) in [7, 11) is 0. The molecule has 2 atom stereocenters. The molecule has 5 aliphatic heterocycles. The summed E-state index contributed by atoms with van der Waals surface area (Å²) in [6, 6.07) is 12.0. The second-order valence-electron chi connectivity index (χ2n) is 10.5. The fraction of sp³-hybridized carbons (Fsp3) is 0.519. The van der Waals surface area contributed by atoms with E-state index in [9.17, 15) is 4.79 Å². The molecule has 7 rings (SSSR count). The summed E-state index contributed by atoms with van der Waals surface area (Å²) < 4.78 is 23.5. The van der Waals surface area contributed by atoms with Crippen molar-refractivity contribution in [1.29, 1.82) is 0 Å². The van der Waals surface area contributed by atoms with Gasteiger partial charge in [0, 0.05) is 17.5 Å². The first-order chi connectivity index (χ1) is 16.5. The second kappa shape index (κ2) is 8.38. The molecule has 1 amide bonds. The van der Waals surface area contributed by atoms with Crippen LogP contribution in [-0.4, -0.2) is 56.6 Å². The van der Waals surface area contributed by atoms with Gasteiger partial charge in [-0.2, -0.15) is 0 Å². The Morgan fingerprint density at radius 2 is 1.68 bits per heavy atom. The number of benzene rings is 2. The number of amides is 1. The number of carbonyl (C=O) groups is 1. The van der Waals surface area contributed by atoms with E-state index in [1.807, 2.05) is 24.3 Å². The van der Waals surface area contributed by atoms with Gasteiger partial charge in [-0.15, -0.1) is 0 Å². The molecule has 2 aromatic rings. The summed E-state index contributed by atoms with van der Waals surface area (Å²) in [6.45, 7) is 8.97. The summed E-state index contributed by atoms with van der Waals surface area (Å²) in [5, 5.41) is 3.18. The van der Waals surface area contributed by atoms with Crippen molar-refractivity contribution in [3.63, 3.8) is 0 Å². The van der Waals surface area contributed by atoms with Crippen LogP contribution in [0.25, 0.3) is 11.1 Å². The Hall–Kier alpha value is -2.93. The predicted octanol–water partition coefficient (Wildman–Crippen LogP) is 4.40. The van der Waals surface area contributed by atoms with Crippen molar-refractivity contribution in [2.24, 2.45) is 11.3 Å². The van der Waals surface area contributed by atoms with Crippen molar-refractivity contribution in [3.05, 3.63) is 42.0 Å². The average Bonchev–Trinajstić information content (AvgIpc) is 2.86. The Labute approximate surface area is 200 Å². The van der Waals surface area contributed by atoms with Gasteiger partial charge in [-0.1, -0.05) is 32.0 Å². The van der Waals surface area contributed by atoms with Crippen LogP contribution < -0.4 is 19.5 Å². The van der Waals surface area contributed by atoms with Gasteiger partial charge in [-0.25, -0.2) is 4.79 Å². The molecule has 7 heteroatoms. The largest absolute Gasteiger partial charge is 0.493 e. The van der Waals surface area contributed by atoms with Crippen LogP contribution in [0.5, 0.6) is 17.2 Å². The maximum atomic E-state index is 13.0. The number of carbonyl (C=O) groups excluding carboxylic acids is 1. The Balaban J connectivity index is 1.22. The summed E-state index contributed by atoms with van der Waals surface area (Å²) in [5.41, 5.74) is 2.78. The van der Waals surface area contributed by atoms with Gasteiger partial charge < -0.3 is 24.3 Å². The van der Waals surface area contributed by atoms with E-state index >= 15 is 0 Å². The number of hydrogen-bond donors (Lipinski definition) is 1. The third kappa shape index (κ3) is 3.96. The quantitative estimate of drug-likeness (QED) is 0.726. The zero-order valence-electron chi connectivity index (χ0n) is 19.8. The highest BCUT2D eigenvalue weighted by atomic mass is 16.6. The van der Waals surface area contributed by atoms with E-state index < -0.39 is 0 Å². The molecule has 0 spiro atoms. The summed E-state index contributed by atoms with van der Waals surface area (Å²) >= 11 is 0. The standard InChI is InChI=1S/C27H32N2O5/c1-27(2)16-33-22-13-18(19-4-6-21-23(14-19)32-12-11-31-21)3-5-20(22)25(27)28-26(30)34-24-15-29-9-7-17(24)8-10-29/h3-6,13-14,17,24-25H,7-12,15-16H2,1-2H3,(H,28,30)/t24-,25?/m0/s1. The average molecular weight is 465 g/mol. The summed E-state index contributed by atoms with van der Waals surface area (Å²) in [6.07, 6.45) is 1.89. The molecule has 5 aliphatic rings. The first-order valence-electron chi connectivity index (χ1n) is 12.3. The Bertz CT molecular complexity index is 1090. The number of hydrogen-bond acceptors (Lipinski definition) is 6. The number of rotatable bonds is 3. The highest BCUT2D eigenvalue weighted by molar-refractivity contribution is 5.71. The fourth-order valence-corrected chi connectivity index (χ4v) is 5.68. The van der Waals surface area contributed by atoms with Gasteiger partial charge in [0.15, 0.2) is 11.5 Å². The third-order valence-electron chi connectivity index (χ3n) is 7.70. The van der Waals surface area contributed by atoms with E-state index in [0.717, 1.165) is 66.4 Å². The molecule has 2 bridgehead atoms. The minimum Gasteiger partial charge on any atom is -0.493 e. The highest BCUT2D eigenvalue weighted by Gasteiger charge is 2.41. The number of nitrogens with one attached hydrogen (secondary N) is 1. The molecule has 2 aromatic carbocycles. The zero-order valence-corrected chi connectivity index (χ0v) is 19.8. The van der Waals surface area contributed by atoms with Gasteiger partial charge in [0.25, 0.3) is 0 Å². The van der Waals surface area contributed by atoms with Crippen LogP contribution in [0.1, 0.15) is 38.3 Å². The van der Waals surface area contributed by atoms with Gasteiger partial charge in [0.1, 0.15) is 25.1 Å². The van der Waals surface area contributed by atoms with Crippen LogP contribution >= 0.6 is 0 Å². The minimum absolute atomic E-state index is 0.0116. The summed E-state index contributed by atoms with van der Waals surface area (Å²) in [4.78, 5) is 15.4. The van der Waals surface area contributed by atoms with Crippen LogP contribution in [0.15, 0.2) is 36.4 Å². The second-order valence-corrected chi connectivity index (χ2v) is 10.5. The molecule has 0 aromatic heterocycles. The molecule has 180 valence electrons. The van der Waals surface area contributed by atoms with Crippen LogP contribution in [0.2, 0.25) is 0 Å². The van der Waals surface area contributed by atoms with Crippen molar-refractivity contribution in [2.45, 2.75) is 38.8 Å². The number of nitrogens with zero attached hydrogens (tertiary/aromatic N) is 1. The highest BCUT2D eigenvalue weighted by Crippen LogP contribution is 2.45. The lowest BCUT2D eigenvalue weighted by molar-refractivity contribution is -0.0361. The smallest absolute Gasteiger partial charge is 0.407 e. The lowest BCUT2D eigenvalue weighted by Crippen LogP contribution is -2.53. The summed E-state index contributed by atoms with van der Waals surface area (Å²) in [5.74, 6) is 2.81. The zero-order chi connectivity index (χ0) is 23.3. The van der Waals surface area contributed by atoms with E-state index in [1.165, 1.54) is 0 Å². The normalized spacial score (nSPS) is 28.4. The Kier molecular flexibility index (Phi) is 5.32. The molecular weight excluding hydrogens is 432 g/mol. The third-order valence-corrected chi connectivity index (χ3v) is 7.70. The van der Waals surface area contributed by atoms with Crippen LogP contribution in [0.3, 0.4) is 0 Å². The van der Waals surface area contributed by atoms with Crippen LogP contribution in [0, 0.1) is 11.3 Å². The number of alkyl carbamates (subject to hydrolysis) is 1. The van der Waals surface area contributed by atoms with Crippen molar-refractivity contribution >= 4 is 6.09 Å². The number of piperidine rings is 3. The molecule has 0 aliphatic carbocycles. The molecule has 1 unspecified atom stereocenters. The molecule has 5 heterocycles. The van der Waals surface area contributed by atoms with Crippen LogP contribution in [0.4, 0.5) is 4.79 Å². The number of ether oxygens (including phenoxy) is 4. The topological polar surface area (TPSA) is 69.3 Å². The molecule has 1 N–H and O–H groups in total. The van der Waals surface area contributed by atoms with E-state index in [1.54, 1.807) is 0 Å². The van der Waals surface area contributed by atoms with Crippen molar-refractivity contribution in [3.8, 4) is 28.4 Å². The monoisotopic (exact) mass is 464 g/mol. The van der Waals surface area contributed by atoms with Gasteiger partial charge in [0.05, 0.1) is 12.6 Å². The SMILES string of the molecule is CC1(C)COc2cc(-c3ccc4c(c3)OCCO4)ccc2C1NC(=O)O[C@H]1CN2CCC1CC2. The fourth-order valence-electron chi connectivity index (χ4n) is 5.68. The van der Waals surface area contributed by atoms with E-state index in [4.69, 9.17) is 18.9 Å². The maximum Gasteiger partial charge on any atom is 0.407 e. The van der Waals surface area contributed by atoms with Gasteiger partial charge in [-0.3, -0.25) is 4.90 Å². The van der Waals surface area contributed by atoms with E-state index in [-0.39, 0.29) is 23.7 Å². The van der Waals surface area contributed by atoms with E-state index in [2.05, 4.69) is 36.2 Å². The van der Waals surface area contributed by atoms with E-state index in [0.29, 0.717) is 25.7 Å². The molecular formula is C27H32N2O5. The molecule has 7 nitrogen and oxygen atoms in total. The van der Waals surface area contributed by atoms with Crippen molar-refractivity contribution < 1.29 is 23.7 Å². The van der Waals surface area contributed by atoms with Gasteiger partial charge in [0.2, 0.25) is 0 Å². The maximum absolute atomic E-state index is 13.0. The number of fused-ring (bicyclic) bond motifs is 5. The first-order valence-corrected chi connectivity index (χ1v) is 12.3. The molecule has 34 heavy (non-hydrogen) atoms. The lowest BCUT2D eigenvalue weighted by Gasteiger charge is -2.44. The van der Waals surface area contributed by atoms with Crippen molar-refractivity contribution in [2.75, 3.05) is 39.5 Å². The van der Waals surface area contributed by atoms with Crippen molar-refractivity contribution in [1.82, 2.24) is 10.2 Å². The first kappa shape index (κ1) is 21.6. The molecule has 0 saturated carbocycles.